The predicted octanol–water partition coefficient (Wildman–Crippen LogP) is 1.90. The van der Waals surface area contributed by atoms with Crippen molar-refractivity contribution in [3.05, 3.63) is 22.2 Å². The van der Waals surface area contributed by atoms with E-state index in [9.17, 15) is 18.0 Å². The molecule has 1 aliphatic rings. The molecule has 3 N–H and O–H groups in total. The van der Waals surface area contributed by atoms with Gasteiger partial charge in [0.05, 0.1) is 11.0 Å². The van der Waals surface area contributed by atoms with Crippen LogP contribution in [0.5, 0.6) is 11.5 Å². The molecular formula is C12H12BrF3N2O3. The molecule has 1 amide bonds. The van der Waals surface area contributed by atoms with Crippen molar-refractivity contribution in [2.24, 2.45) is 5.73 Å². The lowest BCUT2D eigenvalue weighted by molar-refractivity contribution is -0.130. The van der Waals surface area contributed by atoms with Crippen LogP contribution in [0.2, 0.25) is 0 Å². The molecule has 1 unspecified atom stereocenters. The first kappa shape index (κ1) is 15.9. The average molecular weight is 369 g/mol. The number of primary amides is 1. The van der Waals surface area contributed by atoms with E-state index in [1.54, 1.807) is 0 Å². The number of nitrogens with one attached hydrogen (secondary N) is 1. The maximum atomic E-state index is 12.3. The van der Waals surface area contributed by atoms with E-state index >= 15 is 0 Å². The van der Waals surface area contributed by atoms with Crippen LogP contribution in [0.1, 0.15) is 11.6 Å². The Hall–Kier alpha value is -1.48. The third-order valence-corrected chi connectivity index (χ3v) is 3.33. The first-order valence-corrected chi connectivity index (χ1v) is 6.76. The topological polar surface area (TPSA) is 73.6 Å². The van der Waals surface area contributed by atoms with Gasteiger partial charge in [0.15, 0.2) is 11.5 Å². The Morgan fingerprint density at radius 3 is 2.67 bits per heavy atom. The maximum Gasteiger partial charge on any atom is 0.401 e. The highest BCUT2D eigenvalue weighted by Crippen LogP contribution is 2.39. The lowest BCUT2D eigenvalue weighted by atomic mass is 10.1. The SMILES string of the molecule is NC(=O)C(NCC(F)(F)F)c1cc(Br)c2c(c1)OCCO2. The second-order valence-electron chi connectivity index (χ2n) is 4.36. The molecular weight excluding hydrogens is 357 g/mol. The number of ether oxygens (including phenoxy) is 2. The molecule has 9 heteroatoms. The molecule has 5 nitrogen and oxygen atoms in total. The summed E-state index contributed by atoms with van der Waals surface area (Å²) in [5.41, 5.74) is 5.43. The zero-order valence-corrected chi connectivity index (χ0v) is 12.3. The number of fused-ring (bicyclic) bond motifs is 1. The van der Waals surface area contributed by atoms with E-state index < -0.39 is 24.7 Å². The van der Waals surface area contributed by atoms with E-state index in [1.165, 1.54) is 12.1 Å². The molecule has 116 valence electrons. The van der Waals surface area contributed by atoms with Crippen molar-refractivity contribution < 1.29 is 27.4 Å². The zero-order valence-electron chi connectivity index (χ0n) is 10.7. The predicted molar refractivity (Wildman–Crippen MR) is 71.1 cm³/mol. The molecule has 0 radical (unpaired) electrons. The minimum Gasteiger partial charge on any atom is -0.486 e. The van der Waals surface area contributed by atoms with Crippen molar-refractivity contribution in [2.75, 3.05) is 19.8 Å². The van der Waals surface area contributed by atoms with Crippen molar-refractivity contribution in [3.63, 3.8) is 0 Å². The van der Waals surface area contributed by atoms with Gasteiger partial charge in [0.2, 0.25) is 5.91 Å². The fourth-order valence-electron chi connectivity index (χ4n) is 1.90. The lowest BCUT2D eigenvalue weighted by Crippen LogP contribution is -2.39. The largest absolute Gasteiger partial charge is 0.486 e. The van der Waals surface area contributed by atoms with Gasteiger partial charge in [0.25, 0.3) is 0 Å². The number of halogens is 4. The molecule has 1 heterocycles. The third kappa shape index (κ3) is 4.01. The Balaban J connectivity index is 2.28. The number of carbonyl (C=O) groups excluding carboxylic acids is 1. The molecule has 0 aliphatic carbocycles. The van der Waals surface area contributed by atoms with Crippen molar-refractivity contribution in [1.29, 1.82) is 0 Å². The van der Waals surface area contributed by atoms with E-state index in [-0.39, 0.29) is 5.56 Å². The minimum atomic E-state index is -4.45. The Kier molecular flexibility index (Phi) is 4.62. The van der Waals surface area contributed by atoms with Gasteiger partial charge < -0.3 is 15.2 Å². The Bertz CT molecular complexity index is 551. The van der Waals surface area contributed by atoms with Crippen molar-refractivity contribution in [1.82, 2.24) is 5.32 Å². The van der Waals surface area contributed by atoms with Gasteiger partial charge in [-0.3, -0.25) is 10.1 Å². The number of rotatable bonds is 4. The molecule has 1 aromatic carbocycles. The molecule has 0 saturated carbocycles. The molecule has 1 atom stereocenters. The van der Waals surface area contributed by atoms with E-state index in [0.717, 1.165) is 0 Å². The normalized spacial score (nSPS) is 15.6. The highest BCUT2D eigenvalue weighted by Gasteiger charge is 2.31. The summed E-state index contributed by atoms with van der Waals surface area (Å²) in [6.07, 6.45) is -4.45. The number of carbonyl (C=O) groups is 1. The summed E-state index contributed by atoms with van der Waals surface area (Å²) in [4.78, 5) is 11.4. The summed E-state index contributed by atoms with van der Waals surface area (Å²) >= 11 is 3.23. The number of alkyl halides is 3. The van der Waals surface area contributed by atoms with Crippen LogP contribution in [0.25, 0.3) is 0 Å². The molecule has 0 aromatic heterocycles. The highest BCUT2D eigenvalue weighted by molar-refractivity contribution is 9.10. The molecule has 0 bridgehead atoms. The molecule has 0 fully saturated rings. The quantitative estimate of drug-likeness (QED) is 0.851. The fourth-order valence-corrected chi connectivity index (χ4v) is 2.47. The summed E-state index contributed by atoms with van der Waals surface area (Å²) in [6.45, 7) is -0.636. The van der Waals surface area contributed by atoms with E-state index in [4.69, 9.17) is 15.2 Å². The summed E-state index contributed by atoms with van der Waals surface area (Å²) in [7, 11) is 0. The summed E-state index contributed by atoms with van der Waals surface area (Å²) in [5, 5.41) is 2.09. The molecule has 0 spiro atoms. The fraction of sp³-hybridized carbons (Fsp3) is 0.417. The van der Waals surface area contributed by atoms with Crippen LogP contribution in [0.3, 0.4) is 0 Å². The molecule has 2 rings (SSSR count). The van der Waals surface area contributed by atoms with Crippen molar-refractivity contribution in [3.8, 4) is 11.5 Å². The van der Waals surface area contributed by atoms with E-state index in [2.05, 4.69) is 21.2 Å². The van der Waals surface area contributed by atoms with Crippen LogP contribution in [0.4, 0.5) is 13.2 Å². The monoisotopic (exact) mass is 368 g/mol. The van der Waals surface area contributed by atoms with Gasteiger partial charge in [-0.25, -0.2) is 0 Å². The molecule has 1 aromatic rings. The smallest absolute Gasteiger partial charge is 0.401 e. The third-order valence-electron chi connectivity index (χ3n) is 2.74. The van der Waals surface area contributed by atoms with E-state index in [0.29, 0.717) is 29.2 Å². The number of nitrogens with two attached hydrogens (primary N) is 1. The van der Waals surface area contributed by atoms with Crippen LogP contribution < -0.4 is 20.5 Å². The average Bonchev–Trinajstić information content (AvgIpc) is 2.37. The van der Waals surface area contributed by atoms with Gasteiger partial charge >= 0.3 is 6.18 Å². The Labute approximate surface area is 126 Å². The van der Waals surface area contributed by atoms with Gasteiger partial charge in [-0.15, -0.1) is 0 Å². The van der Waals surface area contributed by atoms with Crippen LogP contribution in [0, 0.1) is 0 Å². The van der Waals surface area contributed by atoms with Gasteiger partial charge in [-0.1, -0.05) is 0 Å². The Morgan fingerprint density at radius 1 is 1.38 bits per heavy atom. The van der Waals surface area contributed by atoms with Gasteiger partial charge in [0.1, 0.15) is 19.3 Å². The first-order chi connectivity index (χ1) is 9.78. The van der Waals surface area contributed by atoms with E-state index in [1.807, 2.05) is 0 Å². The van der Waals surface area contributed by atoms with Gasteiger partial charge in [0, 0.05) is 0 Å². The standard InChI is InChI=1S/C12H12BrF3N2O3/c13-7-3-6(4-8-10(7)21-2-1-20-8)9(11(17)19)18-5-12(14,15)16/h3-4,9,18H,1-2,5H2,(H2,17,19). The van der Waals surface area contributed by atoms with Crippen molar-refractivity contribution in [2.45, 2.75) is 12.2 Å². The van der Waals surface area contributed by atoms with Crippen LogP contribution >= 0.6 is 15.9 Å². The number of benzene rings is 1. The van der Waals surface area contributed by atoms with Gasteiger partial charge in [-0.2, -0.15) is 13.2 Å². The lowest BCUT2D eigenvalue weighted by Gasteiger charge is -2.23. The summed E-state index contributed by atoms with van der Waals surface area (Å²) in [6, 6.07) is 1.64. The minimum absolute atomic E-state index is 0.267. The first-order valence-electron chi connectivity index (χ1n) is 5.96. The molecule has 0 saturated heterocycles. The zero-order chi connectivity index (χ0) is 15.6. The van der Waals surface area contributed by atoms with Crippen molar-refractivity contribution >= 4 is 21.8 Å². The van der Waals surface area contributed by atoms with Gasteiger partial charge in [-0.05, 0) is 33.6 Å². The number of hydrogen-bond acceptors (Lipinski definition) is 4. The second kappa shape index (κ2) is 6.10. The Morgan fingerprint density at radius 2 is 2.05 bits per heavy atom. The highest BCUT2D eigenvalue weighted by atomic mass is 79.9. The number of hydrogen-bond donors (Lipinski definition) is 2. The summed E-state index contributed by atoms with van der Waals surface area (Å²) in [5.74, 6) is -0.113. The second-order valence-corrected chi connectivity index (χ2v) is 5.21. The number of amides is 1. The molecule has 1 aliphatic heterocycles. The van der Waals surface area contributed by atoms with Crippen LogP contribution in [0.15, 0.2) is 16.6 Å². The maximum absolute atomic E-state index is 12.3. The van der Waals surface area contributed by atoms with Crippen LogP contribution in [-0.4, -0.2) is 31.8 Å². The van der Waals surface area contributed by atoms with Crippen LogP contribution in [-0.2, 0) is 4.79 Å². The molecule has 21 heavy (non-hydrogen) atoms. The summed E-state index contributed by atoms with van der Waals surface area (Å²) < 4.78 is 48.1.